The Hall–Kier alpha value is -9.38. The van der Waals surface area contributed by atoms with Gasteiger partial charge in [-0.2, -0.15) is 0 Å². The zero-order valence-corrected chi connectivity index (χ0v) is 38.7. The number of hydrogen-bond donors (Lipinski definition) is 0. The molecule has 1 aliphatic rings. The molecule has 1 aliphatic heterocycles. The second-order valence-electron chi connectivity index (χ2n) is 19.3. The molecule has 0 saturated carbocycles. The summed E-state index contributed by atoms with van der Waals surface area (Å²) in [6.07, 6.45) is 0. The standard InChI is InChI=1S/C67H41N3O/c1-68-59-33-29-44(38-63(59)71-64-39-45(30-34-60(64)68)48-22-10-15-40-13-2-4-18-47(40)48)43-28-32-58-54(35-43)50-20-6-8-24-56(50)69(58)61-36-46-37-62-67(53-31-27-42-17-11-23-52(61)65(42)66(46)53)51-21-7-9-25-57(51)70(62)55-26-12-16-41-14-3-5-19-49(41)55/h2-39H,1H3. The van der Waals surface area contributed by atoms with E-state index < -0.39 is 0 Å². The molecule has 330 valence electrons. The molecule has 0 radical (unpaired) electrons. The van der Waals surface area contributed by atoms with Crippen molar-refractivity contribution < 1.29 is 4.74 Å². The molecule has 3 heterocycles. The van der Waals surface area contributed by atoms with Crippen molar-refractivity contribution in [2.75, 3.05) is 11.9 Å². The summed E-state index contributed by atoms with van der Waals surface area (Å²) >= 11 is 0. The Morgan fingerprint density at radius 3 is 1.68 bits per heavy atom. The Morgan fingerprint density at radius 2 is 0.845 bits per heavy atom. The number of fused-ring (bicyclic) bond motifs is 11. The van der Waals surface area contributed by atoms with E-state index in [9.17, 15) is 0 Å². The van der Waals surface area contributed by atoms with Gasteiger partial charge in [0.05, 0.1) is 44.8 Å². The van der Waals surface area contributed by atoms with E-state index in [4.69, 9.17) is 4.74 Å². The van der Waals surface area contributed by atoms with E-state index in [0.717, 1.165) is 39.6 Å². The lowest BCUT2D eigenvalue weighted by molar-refractivity contribution is 0.476. The molecular formula is C67H41N3O. The lowest BCUT2D eigenvalue weighted by Crippen LogP contribution is -2.15. The van der Waals surface area contributed by atoms with Crippen LogP contribution < -0.4 is 9.64 Å². The van der Waals surface area contributed by atoms with Crippen molar-refractivity contribution in [3.63, 3.8) is 0 Å². The van der Waals surface area contributed by atoms with Crippen LogP contribution in [0.15, 0.2) is 231 Å². The first-order valence-electron chi connectivity index (χ1n) is 24.5. The van der Waals surface area contributed by atoms with Crippen LogP contribution in [0.1, 0.15) is 0 Å². The molecule has 0 unspecified atom stereocenters. The van der Waals surface area contributed by atoms with E-state index in [-0.39, 0.29) is 0 Å². The minimum Gasteiger partial charge on any atom is -0.453 e. The number of benzene rings is 13. The number of para-hydroxylation sites is 2. The predicted octanol–water partition coefficient (Wildman–Crippen LogP) is 18.3. The maximum atomic E-state index is 6.85. The summed E-state index contributed by atoms with van der Waals surface area (Å²) in [7, 11) is 2.13. The lowest BCUT2D eigenvalue weighted by Gasteiger charge is -2.30. The third kappa shape index (κ3) is 5.39. The zero-order chi connectivity index (χ0) is 46.5. The summed E-state index contributed by atoms with van der Waals surface area (Å²) in [4.78, 5) is 2.24. The summed E-state index contributed by atoms with van der Waals surface area (Å²) in [6, 6.07) is 84.9. The van der Waals surface area contributed by atoms with Crippen LogP contribution in [0.2, 0.25) is 0 Å². The molecule has 4 nitrogen and oxygen atoms in total. The Kier molecular flexibility index (Phi) is 7.79. The fourth-order valence-electron chi connectivity index (χ4n) is 12.4. The molecule has 16 rings (SSSR count). The second-order valence-corrected chi connectivity index (χ2v) is 19.3. The van der Waals surface area contributed by atoms with Gasteiger partial charge in [0.15, 0.2) is 11.5 Å². The lowest BCUT2D eigenvalue weighted by atomic mass is 9.91. The van der Waals surface area contributed by atoms with Gasteiger partial charge in [-0.25, -0.2) is 0 Å². The second kappa shape index (κ2) is 14.3. The van der Waals surface area contributed by atoms with E-state index in [1.54, 1.807) is 0 Å². The highest BCUT2D eigenvalue weighted by molar-refractivity contribution is 6.34. The summed E-state index contributed by atoms with van der Waals surface area (Å²) in [5, 5.41) is 17.5. The highest BCUT2D eigenvalue weighted by Gasteiger charge is 2.25. The van der Waals surface area contributed by atoms with Crippen LogP contribution >= 0.6 is 0 Å². The molecule has 4 heteroatoms. The van der Waals surface area contributed by atoms with Gasteiger partial charge in [0, 0.05) is 39.4 Å². The van der Waals surface area contributed by atoms with Crippen molar-refractivity contribution in [1.29, 1.82) is 0 Å². The SMILES string of the molecule is CN1c2ccc(-c3ccc4c(c3)c3ccccc3n4-c3cc4cc5c(c6ccc7cccc3c7c46)c3ccccc3n5-c3cccc4ccccc34)cc2Oc2cc(-c3cccc4ccccc34)ccc21. The molecule has 0 spiro atoms. The minimum atomic E-state index is 0.844. The molecule has 71 heavy (non-hydrogen) atoms. The maximum absolute atomic E-state index is 6.85. The summed E-state index contributed by atoms with van der Waals surface area (Å²) in [5.41, 5.74) is 13.8. The average Bonchev–Trinajstić information content (AvgIpc) is 3.94. The van der Waals surface area contributed by atoms with Crippen molar-refractivity contribution in [3.05, 3.63) is 231 Å². The van der Waals surface area contributed by atoms with E-state index in [1.165, 1.54) is 114 Å². The van der Waals surface area contributed by atoms with Gasteiger partial charge in [-0.15, -0.1) is 0 Å². The third-order valence-corrected chi connectivity index (χ3v) is 15.6. The molecule has 0 saturated heterocycles. The van der Waals surface area contributed by atoms with Gasteiger partial charge in [-0.1, -0.05) is 164 Å². The molecule has 15 aromatic rings. The van der Waals surface area contributed by atoms with Gasteiger partial charge in [0.2, 0.25) is 0 Å². The van der Waals surface area contributed by atoms with E-state index in [0.29, 0.717) is 0 Å². The highest BCUT2D eigenvalue weighted by Crippen LogP contribution is 2.50. The fraction of sp³-hybridized carbons (Fsp3) is 0.0149. The fourth-order valence-corrected chi connectivity index (χ4v) is 12.4. The molecule has 0 N–H and O–H groups in total. The van der Waals surface area contributed by atoms with Crippen molar-refractivity contribution in [1.82, 2.24) is 9.13 Å². The Balaban J connectivity index is 0.873. The number of rotatable bonds is 4. The van der Waals surface area contributed by atoms with Gasteiger partial charge >= 0.3 is 0 Å². The normalized spacial score (nSPS) is 12.7. The maximum Gasteiger partial charge on any atom is 0.151 e. The third-order valence-electron chi connectivity index (χ3n) is 15.6. The smallest absolute Gasteiger partial charge is 0.151 e. The minimum absolute atomic E-state index is 0.844. The molecule has 0 fully saturated rings. The van der Waals surface area contributed by atoms with Crippen molar-refractivity contribution in [2.24, 2.45) is 0 Å². The number of hydrogen-bond acceptors (Lipinski definition) is 2. The Morgan fingerprint density at radius 1 is 0.282 bits per heavy atom. The van der Waals surface area contributed by atoms with Crippen molar-refractivity contribution in [2.45, 2.75) is 0 Å². The topological polar surface area (TPSA) is 22.3 Å². The first kappa shape index (κ1) is 38.6. The monoisotopic (exact) mass is 903 g/mol. The quantitative estimate of drug-likeness (QED) is 0.164. The van der Waals surface area contributed by atoms with Gasteiger partial charge in [-0.3, -0.25) is 0 Å². The van der Waals surface area contributed by atoms with Crippen LogP contribution in [0.3, 0.4) is 0 Å². The number of ether oxygens (including phenoxy) is 1. The van der Waals surface area contributed by atoms with Crippen LogP contribution in [-0.4, -0.2) is 16.2 Å². The van der Waals surface area contributed by atoms with Crippen LogP contribution in [0.5, 0.6) is 11.5 Å². The van der Waals surface area contributed by atoms with Crippen LogP contribution in [0, 0.1) is 0 Å². The van der Waals surface area contributed by atoms with Gasteiger partial charge in [0.25, 0.3) is 0 Å². The van der Waals surface area contributed by atoms with Gasteiger partial charge in [0.1, 0.15) is 0 Å². The van der Waals surface area contributed by atoms with Gasteiger partial charge in [-0.05, 0) is 132 Å². The molecule has 0 bridgehead atoms. The highest BCUT2D eigenvalue weighted by atomic mass is 16.5. The number of aromatic nitrogens is 2. The largest absolute Gasteiger partial charge is 0.453 e. The summed E-state index contributed by atoms with van der Waals surface area (Å²) in [6.45, 7) is 0. The number of anilines is 2. The number of nitrogens with zero attached hydrogens (tertiary/aromatic N) is 3. The van der Waals surface area contributed by atoms with Crippen LogP contribution in [0.4, 0.5) is 11.4 Å². The molecule has 13 aromatic carbocycles. The molecular weight excluding hydrogens is 863 g/mol. The first-order chi connectivity index (χ1) is 35.1. The average molecular weight is 904 g/mol. The molecule has 0 atom stereocenters. The predicted molar refractivity (Wildman–Crippen MR) is 299 cm³/mol. The molecule has 0 aliphatic carbocycles. The summed E-state index contributed by atoms with van der Waals surface area (Å²) in [5.74, 6) is 1.70. The molecule has 2 aromatic heterocycles. The Bertz CT molecular complexity index is 4750. The first-order valence-corrected chi connectivity index (χ1v) is 24.5. The van der Waals surface area contributed by atoms with Crippen molar-refractivity contribution >= 4 is 109 Å². The van der Waals surface area contributed by atoms with Crippen LogP contribution in [-0.2, 0) is 0 Å². The van der Waals surface area contributed by atoms with Gasteiger partial charge < -0.3 is 18.8 Å². The van der Waals surface area contributed by atoms with Crippen LogP contribution in [0.25, 0.3) is 131 Å². The molecule has 0 amide bonds. The Labute approximate surface area is 408 Å². The summed E-state index contributed by atoms with van der Waals surface area (Å²) < 4.78 is 11.8. The van der Waals surface area contributed by atoms with Crippen molar-refractivity contribution in [3.8, 4) is 45.1 Å². The zero-order valence-electron chi connectivity index (χ0n) is 38.7. The van der Waals surface area contributed by atoms with E-state index in [2.05, 4.69) is 252 Å². The van der Waals surface area contributed by atoms with E-state index in [1.807, 2.05) is 0 Å². The van der Waals surface area contributed by atoms with E-state index >= 15 is 0 Å².